The highest BCUT2D eigenvalue weighted by atomic mass is 32.2. The molecule has 0 saturated carbocycles. The Morgan fingerprint density at radius 1 is 1.53 bits per heavy atom. The van der Waals surface area contributed by atoms with Crippen molar-refractivity contribution < 1.29 is 13.3 Å². The second kappa shape index (κ2) is 4.93. The zero-order valence-corrected chi connectivity index (χ0v) is 10.6. The topological polar surface area (TPSA) is 153 Å². The molecule has 1 atom stereocenters. The number of nitrogens with two attached hydrogens (primary N) is 1. The molecule has 0 radical (unpaired) electrons. The number of hydrazine groups is 1. The molecule has 1 aliphatic rings. The van der Waals surface area contributed by atoms with Gasteiger partial charge in [-0.1, -0.05) is 0 Å². The van der Waals surface area contributed by atoms with Crippen LogP contribution in [0.1, 0.15) is 6.42 Å². The summed E-state index contributed by atoms with van der Waals surface area (Å²) in [5.41, 5.74) is 1.84. The molecule has 1 fully saturated rings. The van der Waals surface area contributed by atoms with Gasteiger partial charge in [0, 0.05) is 6.04 Å². The van der Waals surface area contributed by atoms with Crippen LogP contribution in [0.5, 0.6) is 0 Å². The van der Waals surface area contributed by atoms with Crippen molar-refractivity contribution in [3.05, 3.63) is 16.3 Å². The molecule has 1 aliphatic heterocycles. The van der Waals surface area contributed by atoms with Crippen LogP contribution in [-0.4, -0.2) is 40.9 Å². The van der Waals surface area contributed by atoms with Crippen molar-refractivity contribution in [2.24, 2.45) is 5.84 Å². The maximum Gasteiger partial charge on any atom is 0.329 e. The van der Waals surface area contributed by atoms with Crippen LogP contribution in [0.3, 0.4) is 0 Å². The van der Waals surface area contributed by atoms with Gasteiger partial charge in [0.05, 0.1) is 16.4 Å². The summed E-state index contributed by atoms with van der Waals surface area (Å²) in [4.78, 5) is 17.7. The smallest absolute Gasteiger partial charge is 0.329 e. The van der Waals surface area contributed by atoms with Gasteiger partial charge < -0.3 is 5.32 Å². The lowest BCUT2D eigenvalue weighted by Crippen LogP contribution is -2.22. The summed E-state index contributed by atoms with van der Waals surface area (Å²) < 4.78 is 22.7. The minimum absolute atomic E-state index is 0.00829. The molecule has 1 aromatic rings. The van der Waals surface area contributed by atoms with Crippen LogP contribution in [0.4, 0.5) is 17.5 Å². The molecular formula is C8H12N6O4S. The number of nitrogen functional groups attached to an aromatic ring is 1. The highest BCUT2D eigenvalue weighted by molar-refractivity contribution is 7.91. The normalized spacial score (nSPS) is 21.0. The van der Waals surface area contributed by atoms with Crippen LogP contribution in [0.2, 0.25) is 0 Å². The molecule has 104 valence electrons. The van der Waals surface area contributed by atoms with Crippen molar-refractivity contribution in [3.63, 3.8) is 0 Å². The molecule has 0 amide bonds. The molecule has 2 heterocycles. The van der Waals surface area contributed by atoms with Crippen molar-refractivity contribution in [2.45, 2.75) is 12.5 Å². The number of rotatable bonds is 4. The quantitative estimate of drug-likeness (QED) is 0.369. The zero-order chi connectivity index (χ0) is 14.0. The van der Waals surface area contributed by atoms with E-state index in [1.54, 1.807) is 0 Å². The third-order valence-corrected chi connectivity index (χ3v) is 4.44. The summed E-state index contributed by atoms with van der Waals surface area (Å²) in [5.74, 6) is 5.08. The molecule has 19 heavy (non-hydrogen) atoms. The third-order valence-electron chi connectivity index (χ3n) is 2.67. The first-order valence-corrected chi connectivity index (χ1v) is 7.18. The average Bonchev–Trinajstić information content (AvgIpc) is 2.68. The summed E-state index contributed by atoms with van der Waals surface area (Å²) in [6, 6.07) is -0.399. The Morgan fingerprint density at radius 2 is 2.26 bits per heavy atom. The molecule has 0 aliphatic carbocycles. The Hall–Kier alpha value is -2.01. The molecular weight excluding hydrogens is 276 g/mol. The lowest BCUT2D eigenvalue weighted by atomic mass is 10.2. The van der Waals surface area contributed by atoms with Gasteiger partial charge in [-0.25, -0.2) is 19.2 Å². The first-order valence-electron chi connectivity index (χ1n) is 5.36. The molecule has 10 nitrogen and oxygen atoms in total. The SMILES string of the molecule is NNc1ncc([N+](=O)[O-])c(NC2CCS(=O)(=O)C2)n1. The Kier molecular flexibility index (Phi) is 3.48. The molecule has 1 saturated heterocycles. The Balaban J connectivity index is 2.25. The average molecular weight is 288 g/mol. The zero-order valence-electron chi connectivity index (χ0n) is 9.74. The maximum absolute atomic E-state index is 11.3. The number of sulfone groups is 1. The largest absolute Gasteiger partial charge is 0.360 e. The van der Waals surface area contributed by atoms with E-state index < -0.39 is 20.8 Å². The molecule has 4 N–H and O–H groups in total. The van der Waals surface area contributed by atoms with Crippen LogP contribution in [-0.2, 0) is 9.84 Å². The van der Waals surface area contributed by atoms with Crippen LogP contribution in [0, 0.1) is 10.1 Å². The monoisotopic (exact) mass is 288 g/mol. The van der Waals surface area contributed by atoms with E-state index in [2.05, 4.69) is 20.7 Å². The predicted octanol–water partition coefficient (Wildman–Crippen LogP) is -0.731. The van der Waals surface area contributed by atoms with E-state index >= 15 is 0 Å². The molecule has 11 heteroatoms. The van der Waals surface area contributed by atoms with Crippen LogP contribution >= 0.6 is 0 Å². The number of anilines is 2. The lowest BCUT2D eigenvalue weighted by molar-refractivity contribution is -0.384. The van der Waals surface area contributed by atoms with Gasteiger partial charge in [0.25, 0.3) is 0 Å². The van der Waals surface area contributed by atoms with Crippen LogP contribution < -0.4 is 16.6 Å². The van der Waals surface area contributed by atoms with Crippen molar-refractivity contribution in [3.8, 4) is 0 Å². The summed E-state index contributed by atoms with van der Waals surface area (Å²) in [5, 5.41) is 13.6. The van der Waals surface area contributed by atoms with Crippen molar-refractivity contribution in [1.82, 2.24) is 9.97 Å². The first-order chi connectivity index (χ1) is 8.91. The Bertz CT molecular complexity index is 603. The number of hydrogen-bond acceptors (Lipinski definition) is 9. The highest BCUT2D eigenvalue weighted by Gasteiger charge is 2.30. The number of nitro groups is 1. The Labute approximate surface area is 108 Å². The van der Waals surface area contributed by atoms with Gasteiger partial charge in [-0.3, -0.25) is 15.5 Å². The molecule has 2 rings (SSSR count). The number of hydrogen-bond donors (Lipinski definition) is 3. The van der Waals surface area contributed by atoms with Gasteiger partial charge in [-0.05, 0) is 6.42 Å². The van der Waals surface area contributed by atoms with Crippen molar-refractivity contribution in [1.29, 1.82) is 0 Å². The predicted molar refractivity (Wildman–Crippen MR) is 67.2 cm³/mol. The van der Waals surface area contributed by atoms with E-state index in [4.69, 9.17) is 5.84 Å². The van der Waals surface area contributed by atoms with Gasteiger partial charge in [0.2, 0.25) is 11.8 Å². The Morgan fingerprint density at radius 3 is 2.79 bits per heavy atom. The highest BCUT2D eigenvalue weighted by Crippen LogP contribution is 2.25. The van der Waals surface area contributed by atoms with E-state index in [-0.39, 0.29) is 29.0 Å². The summed E-state index contributed by atoms with van der Waals surface area (Å²) in [6.07, 6.45) is 1.39. The first kappa shape index (κ1) is 13.4. The van der Waals surface area contributed by atoms with Gasteiger partial charge in [-0.2, -0.15) is 4.98 Å². The fourth-order valence-electron chi connectivity index (χ4n) is 1.79. The lowest BCUT2D eigenvalue weighted by Gasteiger charge is -2.11. The van der Waals surface area contributed by atoms with Gasteiger partial charge in [-0.15, -0.1) is 0 Å². The van der Waals surface area contributed by atoms with Gasteiger partial charge in [0.1, 0.15) is 6.20 Å². The molecule has 1 aromatic heterocycles. The second-order valence-corrected chi connectivity index (χ2v) is 6.30. The standard InChI is InChI=1S/C8H12N6O4S/c9-13-8-10-3-6(14(15)16)7(12-8)11-5-1-2-19(17,18)4-5/h3,5H,1-2,4,9H2,(H2,10,11,12,13). The summed E-state index contributed by atoms with van der Waals surface area (Å²) in [7, 11) is -3.08. The van der Waals surface area contributed by atoms with Crippen LogP contribution in [0.15, 0.2) is 6.20 Å². The van der Waals surface area contributed by atoms with Crippen molar-refractivity contribution in [2.75, 3.05) is 22.2 Å². The van der Waals surface area contributed by atoms with E-state index in [9.17, 15) is 18.5 Å². The fourth-order valence-corrected chi connectivity index (χ4v) is 3.46. The van der Waals surface area contributed by atoms with E-state index in [0.29, 0.717) is 6.42 Å². The molecule has 1 unspecified atom stereocenters. The minimum atomic E-state index is -3.08. The number of nitrogens with one attached hydrogen (secondary N) is 2. The summed E-state index contributed by atoms with van der Waals surface area (Å²) >= 11 is 0. The minimum Gasteiger partial charge on any atom is -0.360 e. The molecule has 0 bridgehead atoms. The van der Waals surface area contributed by atoms with Crippen molar-refractivity contribution >= 4 is 27.3 Å². The maximum atomic E-state index is 11.3. The van der Waals surface area contributed by atoms with Gasteiger partial charge >= 0.3 is 5.69 Å². The molecule has 0 aromatic carbocycles. The second-order valence-electron chi connectivity index (χ2n) is 4.07. The van der Waals surface area contributed by atoms with E-state index in [1.165, 1.54) is 0 Å². The van der Waals surface area contributed by atoms with Crippen LogP contribution in [0.25, 0.3) is 0 Å². The summed E-state index contributed by atoms with van der Waals surface area (Å²) in [6.45, 7) is 0. The van der Waals surface area contributed by atoms with E-state index in [1.807, 2.05) is 0 Å². The third kappa shape index (κ3) is 3.06. The van der Waals surface area contributed by atoms with E-state index in [0.717, 1.165) is 6.20 Å². The molecule has 0 spiro atoms. The fraction of sp³-hybridized carbons (Fsp3) is 0.500. The van der Waals surface area contributed by atoms with Gasteiger partial charge in [0.15, 0.2) is 9.84 Å². The number of nitrogens with zero attached hydrogens (tertiary/aromatic N) is 3. The number of aromatic nitrogens is 2.